The molecule has 1 aliphatic heterocycles. The van der Waals surface area contributed by atoms with E-state index in [4.69, 9.17) is 5.14 Å². The minimum atomic E-state index is -4.35. The largest absolute Gasteiger partial charge is 0.416 e. The first-order valence-electron chi connectivity index (χ1n) is 7.93. The predicted molar refractivity (Wildman–Crippen MR) is 93.6 cm³/mol. The van der Waals surface area contributed by atoms with Gasteiger partial charge in [0, 0.05) is 33.4 Å². The Morgan fingerprint density at radius 2 is 1.76 bits per heavy atom. The van der Waals surface area contributed by atoms with E-state index in [1.165, 1.54) is 12.1 Å². The number of hydrogen-bond acceptors (Lipinski definition) is 1. The lowest BCUT2D eigenvalue weighted by Crippen LogP contribution is -2.07. The van der Waals surface area contributed by atoms with Gasteiger partial charge in [-0.3, -0.25) is 5.14 Å². The lowest BCUT2D eigenvalue weighted by Gasteiger charge is -2.08. The van der Waals surface area contributed by atoms with E-state index >= 15 is 0 Å². The number of para-hydroxylation sites is 1. The molecule has 130 valence electrons. The fourth-order valence-electron chi connectivity index (χ4n) is 3.29. The predicted octanol–water partition coefficient (Wildman–Crippen LogP) is 4.97. The van der Waals surface area contributed by atoms with Crippen LogP contribution in [-0.4, -0.2) is 4.57 Å². The van der Waals surface area contributed by atoms with E-state index in [9.17, 15) is 13.2 Å². The molecule has 0 aliphatic carbocycles. The minimum absolute atomic E-state index is 0.593. The second-order valence-corrected chi connectivity index (χ2v) is 7.28. The minimum Gasteiger partial charge on any atom is -0.342 e. The summed E-state index contributed by atoms with van der Waals surface area (Å²) in [5.74, 6) is 0. The fraction of sp³-hybridized carbons (Fsp3) is 0.222. The van der Waals surface area contributed by atoms with Crippen molar-refractivity contribution in [3.8, 4) is 0 Å². The van der Waals surface area contributed by atoms with Gasteiger partial charge in [-0.15, -0.1) is 0 Å². The summed E-state index contributed by atoms with van der Waals surface area (Å²) in [5.41, 5.74) is 2.50. The number of aryl methyl sites for hydroxylation is 1. The molecular formula is C18H16F3N3S. The molecule has 1 aliphatic rings. The Bertz CT molecular complexity index is 972. The molecule has 0 bridgehead atoms. The maximum absolute atomic E-state index is 12.7. The summed E-state index contributed by atoms with van der Waals surface area (Å²) in [4.78, 5) is 0.593. The average Bonchev–Trinajstić information content (AvgIpc) is 3.17. The van der Waals surface area contributed by atoms with Crippen molar-refractivity contribution in [1.82, 2.24) is 4.57 Å². The van der Waals surface area contributed by atoms with Crippen LogP contribution in [0, 0.1) is 0 Å². The molecule has 3 nitrogen and oxygen atoms in total. The van der Waals surface area contributed by atoms with Gasteiger partial charge in [-0.1, -0.05) is 18.2 Å². The van der Waals surface area contributed by atoms with Gasteiger partial charge in [0.25, 0.3) is 0 Å². The smallest absolute Gasteiger partial charge is 0.342 e. The molecule has 1 aromatic heterocycles. The number of benzene rings is 2. The third-order valence-corrected chi connectivity index (χ3v) is 5.59. The highest BCUT2D eigenvalue weighted by atomic mass is 32.2. The van der Waals surface area contributed by atoms with Crippen LogP contribution in [0.5, 0.6) is 0 Å². The molecule has 1 unspecified atom stereocenters. The molecule has 0 amide bonds. The molecule has 0 radical (unpaired) electrons. The molecule has 7 heteroatoms. The summed E-state index contributed by atoms with van der Waals surface area (Å²) in [6.07, 6.45) is -2.33. The van der Waals surface area contributed by atoms with E-state index in [-0.39, 0.29) is 0 Å². The van der Waals surface area contributed by atoms with E-state index in [0.29, 0.717) is 4.90 Å². The van der Waals surface area contributed by atoms with Crippen molar-refractivity contribution in [1.29, 1.82) is 0 Å². The second kappa shape index (κ2) is 6.00. The third kappa shape index (κ3) is 2.87. The molecule has 0 saturated carbocycles. The van der Waals surface area contributed by atoms with Gasteiger partial charge in [0.2, 0.25) is 0 Å². The van der Waals surface area contributed by atoms with Crippen LogP contribution in [0.15, 0.2) is 57.8 Å². The van der Waals surface area contributed by atoms with Gasteiger partial charge < -0.3 is 4.57 Å². The monoisotopic (exact) mass is 363 g/mol. The van der Waals surface area contributed by atoms with Gasteiger partial charge in [-0.25, -0.2) is 4.36 Å². The van der Waals surface area contributed by atoms with Crippen molar-refractivity contribution in [3.63, 3.8) is 0 Å². The number of halogens is 3. The van der Waals surface area contributed by atoms with E-state index in [2.05, 4.69) is 15.0 Å². The first-order chi connectivity index (χ1) is 11.9. The lowest BCUT2D eigenvalue weighted by molar-refractivity contribution is -0.137. The number of alkyl halides is 3. The molecule has 4 rings (SSSR count). The molecule has 2 heterocycles. The summed E-state index contributed by atoms with van der Waals surface area (Å²) in [5, 5.41) is 7.25. The first kappa shape index (κ1) is 16.4. The van der Waals surface area contributed by atoms with Crippen molar-refractivity contribution in [2.75, 3.05) is 0 Å². The molecular weight excluding hydrogens is 347 g/mol. The Morgan fingerprint density at radius 3 is 2.48 bits per heavy atom. The average molecular weight is 363 g/mol. The standard InChI is InChI=1S/C18H16F3N3S/c19-18(20,21)12-7-9-13(10-8-12)25(22)23-17-14-4-1-2-5-15(14)24-11-3-6-16(17)24/h1-2,4-5,7-10H,3,6,11H2,(H2,22,23). The van der Waals surface area contributed by atoms with Gasteiger partial charge in [0.1, 0.15) is 5.69 Å². The summed E-state index contributed by atoms with van der Waals surface area (Å²) >= 11 is 0. The Morgan fingerprint density at radius 1 is 1.04 bits per heavy atom. The molecule has 0 fully saturated rings. The van der Waals surface area contributed by atoms with E-state index in [1.807, 2.05) is 18.2 Å². The normalized spacial score (nSPS) is 15.7. The second-order valence-electron chi connectivity index (χ2n) is 6.00. The molecule has 1 atom stereocenters. The highest BCUT2D eigenvalue weighted by molar-refractivity contribution is 7.85. The maximum atomic E-state index is 12.7. The molecule has 2 aromatic carbocycles. The van der Waals surface area contributed by atoms with E-state index in [0.717, 1.165) is 53.8 Å². The summed E-state index contributed by atoms with van der Waals surface area (Å²) in [6.45, 7) is 0.962. The topological polar surface area (TPSA) is 43.3 Å². The molecule has 0 spiro atoms. The first-order valence-corrected chi connectivity index (χ1v) is 9.17. The number of nitrogens with two attached hydrogens (primary N) is 1. The summed E-state index contributed by atoms with van der Waals surface area (Å²) in [7, 11) is -1.00. The van der Waals surface area contributed by atoms with E-state index < -0.39 is 22.6 Å². The molecule has 3 aromatic rings. The van der Waals surface area contributed by atoms with Gasteiger partial charge in [0.15, 0.2) is 0 Å². The van der Waals surface area contributed by atoms with Gasteiger partial charge in [0.05, 0.1) is 11.1 Å². The van der Waals surface area contributed by atoms with Crippen molar-refractivity contribution in [3.05, 3.63) is 59.8 Å². The maximum Gasteiger partial charge on any atom is 0.416 e. The van der Waals surface area contributed by atoms with Gasteiger partial charge in [-0.05, 0) is 43.2 Å². The van der Waals surface area contributed by atoms with Crippen LogP contribution in [0.3, 0.4) is 0 Å². The highest BCUT2D eigenvalue weighted by Crippen LogP contribution is 2.38. The van der Waals surface area contributed by atoms with Crippen LogP contribution >= 0.6 is 0 Å². The zero-order chi connectivity index (χ0) is 17.6. The Kier molecular flexibility index (Phi) is 3.92. The van der Waals surface area contributed by atoms with E-state index in [1.54, 1.807) is 0 Å². The molecule has 0 saturated heterocycles. The van der Waals surface area contributed by atoms with Crippen molar-refractivity contribution >= 4 is 27.5 Å². The van der Waals surface area contributed by atoms with Crippen LogP contribution in [0.1, 0.15) is 17.7 Å². The van der Waals surface area contributed by atoms with Crippen molar-refractivity contribution < 1.29 is 13.2 Å². The summed E-state index contributed by atoms with van der Waals surface area (Å²) in [6, 6.07) is 13.0. The van der Waals surface area contributed by atoms with Crippen LogP contribution in [0.25, 0.3) is 10.9 Å². The summed E-state index contributed by atoms with van der Waals surface area (Å²) < 4.78 is 45.0. The Labute approximate surface area is 145 Å². The Balaban J connectivity index is 1.77. The van der Waals surface area contributed by atoms with Gasteiger partial charge in [-0.2, -0.15) is 13.2 Å². The lowest BCUT2D eigenvalue weighted by atomic mass is 10.2. The Hall–Kier alpha value is -2.12. The zero-order valence-electron chi connectivity index (χ0n) is 13.3. The third-order valence-electron chi connectivity index (χ3n) is 4.46. The number of hydrogen-bond donors (Lipinski definition) is 1. The van der Waals surface area contributed by atoms with Crippen LogP contribution in [0.4, 0.5) is 18.9 Å². The van der Waals surface area contributed by atoms with Crippen molar-refractivity contribution in [2.45, 2.75) is 30.5 Å². The number of fused-ring (bicyclic) bond motifs is 3. The van der Waals surface area contributed by atoms with Crippen LogP contribution in [-0.2, 0) is 30.0 Å². The van der Waals surface area contributed by atoms with Crippen LogP contribution in [0.2, 0.25) is 0 Å². The number of rotatable bonds is 2. The molecule has 25 heavy (non-hydrogen) atoms. The highest BCUT2D eigenvalue weighted by Gasteiger charge is 2.30. The van der Waals surface area contributed by atoms with Crippen LogP contribution < -0.4 is 5.14 Å². The zero-order valence-corrected chi connectivity index (χ0v) is 14.1. The molecule has 2 N–H and O–H groups in total. The van der Waals surface area contributed by atoms with Crippen molar-refractivity contribution in [2.24, 2.45) is 9.50 Å². The number of nitrogens with zero attached hydrogens (tertiary/aromatic N) is 2. The number of aromatic nitrogens is 1. The SMILES string of the molecule is NS(=Nc1c2n(c3ccccc13)CCC2)c1ccc(C(F)(F)F)cc1. The van der Waals surface area contributed by atoms with Gasteiger partial charge >= 0.3 is 6.18 Å². The quantitative estimate of drug-likeness (QED) is 0.686. The fourth-order valence-corrected chi connectivity index (χ4v) is 4.21.